The van der Waals surface area contributed by atoms with Gasteiger partial charge in [-0.3, -0.25) is 14.9 Å². The van der Waals surface area contributed by atoms with Crippen molar-refractivity contribution >= 4 is 17.3 Å². The number of carbonyl (C=O) groups is 1. The number of nitro groups is 1. The molecule has 1 aromatic rings. The van der Waals surface area contributed by atoms with E-state index in [4.69, 9.17) is 4.74 Å². The summed E-state index contributed by atoms with van der Waals surface area (Å²) in [5, 5.41) is 16.7. The van der Waals surface area contributed by atoms with Crippen LogP contribution in [0.1, 0.15) is 24.0 Å². The summed E-state index contributed by atoms with van der Waals surface area (Å²) in [4.78, 5) is 22.5. The standard InChI is InChI=1S/C15H21N3O4/c1-10-6-13(14(18(20)21)7-11(10)2)17-15(19)9-16-8-12-4-3-5-22-12/h6-7,12,16H,3-5,8-9H2,1-2H3,(H,17,19)/t12-/m0/s1. The largest absolute Gasteiger partial charge is 0.377 e. The number of nitro benzene ring substituents is 1. The third kappa shape index (κ3) is 4.25. The molecule has 0 radical (unpaired) electrons. The molecular weight excluding hydrogens is 286 g/mol. The quantitative estimate of drug-likeness (QED) is 0.618. The number of carbonyl (C=O) groups excluding carboxylic acids is 1. The van der Waals surface area contributed by atoms with Gasteiger partial charge in [-0.25, -0.2) is 0 Å². The zero-order chi connectivity index (χ0) is 16.1. The van der Waals surface area contributed by atoms with Gasteiger partial charge in [-0.15, -0.1) is 0 Å². The first-order chi connectivity index (χ1) is 10.5. The van der Waals surface area contributed by atoms with Gasteiger partial charge in [0.1, 0.15) is 5.69 Å². The molecule has 1 aliphatic rings. The van der Waals surface area contributed by atoms with E-state index in [1.54, 1.807) is 13.0 Å². The second-order valence-electron chi connectivity index (χ2n) is 5.52. The van der Waals surface area contributed by atoms with Crippen LogP contribution in [-0.4, -0.2) is 36.6 Å². The maximum Gasteiger partial charge on any atom is 0.293 e. The van der Waals surface area contributed by atoms with Crippen LogP contribution in [0.3, 0.4) is 0 Å². The van der Waals surface area contributed by atoms with Gasteiger partial charge in [0.15, 0.2) is 0 Å². The number of nitrogens with one attached hydrogen (secondary N) is 2. The first-order valence-electron chi connectivity index (χ1n) is 7.35. The number of ether oxygens (including phenoxy) is 1. The van der Waals surface area contributed by atoms with E-state index in [2.05, 4.69) is 10.6 Å². The van der Waals surface area contributed by atoms with Crippen molar-refractivity contribution in [3.63, 3.8) is 0 Å². The minimum atomic E-state index is -0.484. The number of rotatable bonds is 6. The van der Waals surface area contributed by atoms with Crippen LogP contribution in [0, 0.1) is 24.0 Å². The molecule has 1 aliphatic heterocycles. The van der Waals surface area contributed by atoms with Crippen molar-refractivity contribution in [3.05, 3.63) is 33.4 Å². The Bertz CT molecular complexity index is 568. The van der Waals surface area contributed by atoms with Gasteiger partial charge in [0.2, 0.25) is 5.91 Å². The van der Waals surface area contributed by atoms with Gasteiger partial charge < -0.3 is 15.4 Å². The molecule has 7 heteroatoms. The Morgan fingerprint density at radius 1 is 1.41 bits per heavy atom. The molecule has 1 atom stereocenters. The predicted molar refractivity (Wildman–Crippen MR) is 83.0 cm³/mol. The molecule has 2 N–H and O–H groups in total. The zero-order valence-electron chi connectivity index (χ0n) is 12.8. The van der Waals surface area contributed by atoms with Crippen LogP contribution in [0.2, 0.25) is 0 Å². The molecule has 1 saturated heterocycles. The fourth-order valence-corrected chi connectivity index (χ4v) is 2.40. The van der Waals surface area contributed by atoms with Crippen LogP contribution in [0.5, 0.6) is 0 Å². The molecule has 1 fully saturated rings. The Morgan fingerprint density at radius 3 is 2.77 bits per heavy atom. The Labute approximate surface area is 129 Å². The Morgan fingerprint density at radius 2 is 2.14 bits per heavy atom. The third-order valence-electron chi connectivity index (χ3n) is 3.76. The van der Waals surface area contributed by atoms with Gasteiger partial charge in [-0.1, -0.05) is 0 Å². The fourth-order valence-electron chi connectivity index (χ4n) is 2.40. The van der Waals surface area contributed by atoms with E-state index in [1.807, 2.05) is 6.92 Å². The summed E-state index contributed by atoms with van der Waals surface area (Å²) in [7, 11) is 0. The number of aryl methyl sites for hydroxylation is 2. The SMILES string of the molecule is Cc1cc(NC(=O)CNC[C@@H]2CCCO2)c([N+](=O)[O-])cc1C. The van der Waals surface area contributed by atoms with E-state index in [0.717, 1.165) is 30.6 Å². The number of nitrogens with zero attached hydrogens (tertiary/aromatic N) is 1. The molecule has 1 aromatic carbocycles. The molecule has 1 amide bonds. The average Bonchev–Trinajstić information content (AvgIpc) is 2.95. The van der Waals surface area contributed by atoms with E-state index in [0.29, 0.717) is 6.54 Å². The molecule has 0 spiro atoms. The average molecular weight is 307 g/mol. The van der Waals surface area contributed by atoms with E-state index in [-0.39, 0.29) is 29.9 Å². The molecule has 1 heterocycles. The maximum atomic E-state index is 11.9. The van der Waals surface area contributed by atoms with Gasteiger partial charge >= 0.3 is 0 Å². The first kappa shape index (κ1) is 16.4. The minimum absolute atomic E-state index is 0.0874. The molecule has 120 valence electrons. The monoisotopic (exact) mass is 307 g/mol. The molecule has 0 unspecified atom stereocenters. The lowest BCUT2D eigenvalue weighted by molar-refractivity contribution is -0.384. The minimum Gasteiger partial charge on any atom is -0.377 e. The van der Waals surface area contributed by atoms with Crippen molar-refractivity contribution in [3.8, 4) is 0 Å². The van der Waals surface area contributed by atoms with E-state index in [9.17, 15) is 14.9 Å². The van der Waals surface area contributed by atoms with Gasteiger partial charge in [0, 0.05) is 19.2 Å². The number of hydrogen-bond donors (Lipinski definition) is 2. The van der Waals surface area contributed by atoms with Gasteiger partial charge in [0.05, 0.1) is 17.6 Å². The number of benzene rings is 1. The summed E-state index contributed by atoms with van der Waals surface area (Å²) in [6, 6.07) is 3.11. The molecule has 0 aromatic heterocycles. The topological polar surface area (TPSA) is 93.5 Å². The molecule has 0 saturated carbocycles. The molecule has 2 rings (SSSR count). The fraction of sp³-hybridized carbons (Fsp3) is 0.533. The predicted octanol–water partition coefficient (Wildman–Crippen LogP) is 1.92. The molecule has 7 nitrogen and oxygen atoms in total. The van der Waals surface area contributed by atoms with Gasteiger partial charge in [0.25, 0.3) is 5.69 Å². The van der Waals surface area contributed by atoms with Crippen LogP contribution in [-0.2, 0) is 9.53 Å². The van der Waals surface area contributed by atoms with Crippen LogP contribution in [0.25, 0.3) is 0 Å². The highest BCUT2D eigenvalue weighted by Gasteiger charge is 2.18. The zero-order valence-corrected chi connectivity index (χ0v) is 12.8. The lowest BCUT2D eigenvalue weighted by atomic mass is 10.1. The van der Waals surface area contributed by atoms with Crippen LogP contribution < -0.4 is 10.6 Å². The highest BCUT2D eigenvalue weighted by molar-refractivity contribution is 5.94. The smallest absolute Gasteiger partial charge is 0.293 e. The lowest BCUT2D eigenvalue weighted by Crippen LogP contribution is -2.33. The van der Waals surface area contributed by atoms with Crippen molar-refractivity contribution in [2.24, 2.45) is 0 Å². The van der Waals surface area contributed by atoms with E-state index < -0.39 is 4.92 Å². The first-order valence-corrected chi connectivity index (χ1v) is 7.35. The number of amides is 1. The highest BCUT2D eigenvalue weighted by Crippen LogP contribution is 2.27. The van der Waals surface area contributed by atoms with Crippen LogP contribution in [0.15, 0.2) is 12.1 Å². The van der Waals surface area contributed by atoms with E-state index in [1.165, 1.54) is 6.07 Å². The van der Waals surface area contributed by atoms with Crippen molar-refractivity contribution in [2.75, 3.05) is 25.0 Å². The number of anilines is 1. The third-order valence-corrected chi connectivity index (χ3v) is 3.76. The highest BCUT2D eigenvalue weighted by atomic mass is 16.6. The molecule has 0 bridgehead atoms. The van der Waals surface area contributed by atoms with Crippen LogP contribution in [0.4, 0.5) is 11.4 Å². The molecular formula is C15H21N3O4. The second-order valence-corrected chi connectivity index (χ2v) is 5.52. The Kier molecular flexibility index (Phi) is 5.46. The second kappa shape index (κ2) is 7.33. The summed E-state index contributed by atoms with van der Waals surface area (Å²) in [5.74, 6) is -0.302. The van der Waals surface area contributed by atoms with Crippen molar-refractivity contribution in [2.45, 2.75) is 32.8 Å². The van der Waals surface area contributed by atoms with Gasteiger partial charge in [-0.05, 0) is 43.9 Å². The Hall–Kier alpha value is -1.99. The normalized spacial score (nSPS) is 17.5. The van der Waals surface area contributed by atoms with Crippen molar-refractivity contribution < 1.29 is 14.5 Å². The summed E-state index contributed by atoms with van der Waals surface area (Å²) >= 11 is 0. The summed E-state index contributed by atoms with van der Waals surface area (Å²) < 4.78 is 5.45. The molecule has 22 heavy (non-hydrogen) atoms. The van der Waals surface area contributed by atoms with Crippen molar-refractivity contribution in [1.29, 1.82) is 0 Å². The number of hydrogen-bond acceptors (Lipinski definition) is 5. The van der Waals surface area contributed by atoms with Crippen molar-refractivity contribution in [1.82, 2.24) is 5.32 Å². The van der Waals surface area contributed by atoms with E-state index >= 15 is 0 Å². The lowest BCUT2D eigenvalue weighted by Gasteiger charge is -2.12. The maximum absolute atomic E-state index is 11.9. The summed E-state index contributed by atoms with van der Waals surface area (Å²) in [6.07, 6.45) is 2.20. The summed E-state index contributed by atoms with van der Waals surface area (Å²) in [6.45, 7) is 5.14. The van der Waals surface area contributed by atoms with Gasteiger partial charge in [-0.2, -0.15) is 0 Å². The van der Waals surface area contributed by atoms with Crippen LogP contribution >= 0.6 is 0 Å². The molecule has 0 aliphatic carbocycles. The Balaban J connectivity index is 1.92. The summed E-state index contributed by atoms with van der Waals surface area (Å²) in [5.41, 5.74) is 1.86.